The maximum Gasteiger partial charge on any atom is 0.242 e. The van der Waals surface area contributed by atoms with Crippen molar-refractivity contribution in [2.45, 2.75) is 31.8 Å². The van der Waals surface area contributed by atoms with Gasteiger partial charge < -0.3 is 10.2 Å². The first-order valence-electron chi connectivity index (χ1n) is 5.36. The van der Waals surface area contributed by atoms with E-state index >= 15 is 0 Å². The van der Waals surface area contributed by atoms with Crippen molar-refractivity contribution in [1.29, 1.82) is 0 Å². The van der Waals surface area contributed by atoms with E-state index in [1.807, 2.05) is 0 Å². The minimum absolute atomic E-state index is 0.0721. The summed E-state index contributed by atoms with van der Waals surface area (Å²) in [5.41, 5.74) is -0.652. The molecule has 1 atom stereocenters. The van der Waals surface area contributed by atoms with Crippen LogP contribution in [-0.4, -0.2) is 56.4 Å². The van der Waals surface area contributed by atoms with Crippen molar-refractivity contribution in [3.8, 4) is 0 Å². The van der Waals surface area contributed by atoms with Crippen molar-refractivity contribution in [3.05, 3.63) is 0 Å². The zero-order chi connectivity index (χ0) is 12.6. The number of likely N-dealkylation sites (N-methyl/N-ethyl adjacent to an activating group) is 2. The summed E-state index contributed by atoms with van der Waals surface area (Å²) in [6.45, 7) is 3.57. The van der Waals surface area contributed by atoms with Crippen LogP contribution in [0.3, 0.4) is 0 Å². The molecular formula is C10H20N2O3S. The molecule has 6 heteroatoms. The average molecular weight is 248 g/mol. The molecule has 1 amide bonds. The summed E-state index contributed by atoms with van der Waals surface area (Å²) < 4.78 is 22.7. The van der Waals surface area contributed by atoms with E-state index in [1.54, 1.807) is 32.8 Å². The number of carbonyl (C=O) groups excluding carboxylic acids is 1. The highest BCUT2D eigenvalue weighted by molar-refractivity contribution is 7.91. The Balaban J connectivity index is 2.73. The maximum atomic E-state index is 12.1. The fraction of sp³-hybridized carbons (Fsp3) is 0.900. The molecule has 0 radical (unpaired) electrons. The molecule has 1 rings (SSSR count). The summed E-state index contributed by atoms with van der Waals surface area (Å²) in [6.07, 6.45) is 0.546. The van der Waals surface area contributed by atoms with E-state index in [0.717, 1.165) is 0 Å². The van der Waals surface area contributed by atoms with E-state index in [2.05, 4.69) is 5.32 Å². The molecule has 0 aliphatic carbocycles. The van der Waals surface area contributed by atoms with Crippen molar-refractivity contribution in [2.24, 2.45) is 0 Å². The molecule has 94 valence electrons. The van der Waals surface area contributed by atoms with Crippen molar-refractivity contribution in [3.63, 3.8) is 0 Å². The van der Waals surface area contributed by atoms with Crippen LogP contribution in [0, 0.1) is 0 Å². The van der Waals surface area contributed by atoms with Gasteiger partial charge in [-0.1, -0.05) is 0 Å². The Kier molecular flexibility index (Phi) is 3.64. The molecule has 1 saturated heterocycles. The lowest BCUT2D eigenvalue weighted by Crippen LogP contribution is -2.54. The number of nitrogens with zero attached hydrogens (tertiary/aromatic N) is 1. The highest BCUT2D eigenvalue weighted by atomic mass is 32.2. The summed E-state index contributed by atoms with van der Waals surface area (Å²) in [6, 6.07) is -0.176. The highest BCUT2D eigenvalue weighted by Crippen LogP contribution is 2.19. The quantitative estimate of drug-likeness (QED) is 0.740. The third-order valence-electron chi connectivity index (χ3n) is 3.24. The number of sulfone groups is 1. The smallest absolute Gasteiger partial charge is 0.242 e. The Morgan fingerprint density at radius 1 is 1.44 bits per heavy atom. The maximum absolute atomic E-state index is 12.1. The first kappa shape index (κ1) is 13.4. The molecule has 0 bridgehead atoms. The van der Waals surface area contributed by atoms with Crippen LogP contribution in [0.25, 0.3) is 0 Å². The van der Waals surface area contributed by atoms with Gasteiger partial charge in [-0.2, -0.15) is 0 Å². The third-order valence-corrected chi connectivity index (χ3v) is 4.99. The lowest BCUT2D eigenvalue weighted by atomic mass is 10.0. The number of hydrogen-bond donors (Lipinski definition) is 1. The first-order valence-corrected chi connectivity index (χ1v) is 7.18. The molecule has 1 fully saturated rings. The Morgan fingerprint density at radius 2 is 2.00 bits per heavy atom. The van der Waals surface area contributed by atoms with Crippen LogP contribution in [0.5, 0.6) is 0 Å². The molecule has 0 aromatic rings. The van der Waals surface area contributed by atoms with Gasteiger partial charge in [0, 0.05) is 13.1 Å². The van der Waals surface area contributed by atoms with E-state index in [9.17, 15) is 13.2 Å². The molecule has 1 aliphatic heterocycles. The normalized spacial score (nSPS) is 24.4. The summed E-state index contributed by atoms with van der Waals surface area (Å²) in [5, 5.41) is 2.93. The largest absolute Gasteiger partial charge is 0.340 e. The van der Waals surface area contributed by atoms with Crippen molar-refractivity contribution in [1.82, 2.24) is 10.2 Å². The van der Waals surface area contributed by atoms with Crippen LogP contribution in [0.2, 0.25) is 0 Å². The molecule has 1 aliphatic rings. The minimum atomic E-state index is -2.94. The van der Waals surface area contributed by atoms with Gasteiger partial charge >= 0.3 is 0 Å². The van der Waals surface area contributed by atoms with Crippen LogP contribution in [0.4, 0.5) is 0 Å². The van der Waals surface area contributed by atoms with Crippen LogP contribution in [0.1, 0.15) is 20.3 Å². The van der Waals surface area contributed by atoms with Gasteiger partial charge in [-0.3, -0.25) is 4.79 Å². The number of rotatable bonds is 3. The second kappa shape index (κ2) is 4.33. The molecule has 1 unspecified atom stereocenters. The van der Waals surface area contributed by atoms with E-state index in [0.29, 0.717) is 6.42 Å². The van der Waals surface area contributed by atoms with E-state index < -0.39 is 15.4 Å². The summed E-state index contributed by atoms with van der Waals surface area (Å²) in [5.74, 6) is 0.210. The zero-order valence-corrected chi connectivity index (χ0v) is 11.1. The second-order valence-corrected chi connectivity index (χ2v) is 7.08. The number of carbonyl (C=O) groups is 1. The summed E-state index contributed by atoms with van der Waals surface area (Å²) in [4.78, 5) is 13.6. The molecule has 0 spiro atoms. The van der Waals surface area contributed by atoms with Gasteiger partial charge in [0.15, 0.2) is 9.84 Å². The van der Waals surface area contributed by atoms with E-state index in [-0.39, 0.29) is 23.5 Å². The average Bonchev–Trinajstić information content (AvgIpc) is 2.56. The molecule has 1 N–H and O–H groups in total. The van der Waals surface area contributed by atoms with Crippen LogP contribution < -0.4 is 5.32 Å². The summed E-state index contributed by atoms with van der Waals surface area (Å²) in [7, 11) is 0.452. The van der Waals surface area contributed by atoms with Gasteiger partial charge in [-0.05, 0) is 27.3 Å². The lowest BCUT2D eigenvalue weighted by molar-refractivity contribution is -0.137. The van der Waals surface area contributed by atoms with E-state index in [1.165, 1.54) is 0 Å². The van der Waals surface area contributed by atoms with E-state index in [4.69, 9.17) is 0 Å². The minimum Gasteiger partial charge on any atom is -0.340 e. The van der Waals surface area contributed by atoms with Gasteiger partial charge in [-0.15, -0.1) is 0 Å². The van der Waals surface area contributed by atoms with Crippen molar-refractivity contribution in [2.75, 3.05) is 25.6 Å². The van der Waals surface area contributed by atoms with Crippen LogP contribution >= 0.6 is 0 Å². The molecule has 16 heavy (non-hydrogen) atoms. The first-order chi connectivity index (χ1) is 7.19. The highest BCUT2D eigenvalue weighted by Gasteiger charge is 2.37. The van der Waals surface area contributed by atoms with Gasteiger partial charge in [0.1, 0.15) is 0 Å². The SMILES string of the molecule is CNC(C)(C)C(=O)N(C)C1CCS(=O)(=O)C1. The molecule has 0 aromatic carbocycles. The van der Waals surface area contributed by atoms with Gasteiger partial charge in [0.2, 0.25) is 5.91 Å². The Hall–Kier alpha value is -0.620. The third kappa shape index (κ3) is 2.74. The predicted octanol–water partition coefficient (Wildman–Crippen LogP) is -0.370. The lowest BCUT2D eigenvalue weighted by Gasteiger charge is -2.32. The van der Waals surface area contributed by atoms with Gasteiger partial charge in [-0.25, -0.2) is 8.42 Å². The monoisotopic (exact) mass is 248 g/mol. The molecule has 0 aromatic heterocycles. The standard InChI is InChI=1S/C10H20N2O3S/c1-10(2,11-3)9(13)12(4)8-5-6-16(14,15)7-8/h8,11H,5-7H2,1-4H3. The van der Waals surface area contributed by atoms with Crippen molar-refractivity contribution >= 4 is 15.7 Å². The molecule has 1 heterocycles. The molecule has 0 saturated carbocycles. The van der Waals surface area contributed by atoms with Crippen LogP contribution in [-0.2, 0) is 14.6 Å². The fourth-order valence-corrected chi connectivity index (χ4v) is 3.57. The second-order valence-electron chi connectivity index (χ2n) is 4.85. The number of nitrogens with one attached hydrogen (secondary N) is 1. The fourth-order valence-electron chi connectivity index (χ4n) is 1.79. The van der Waals surface area contributed by atoms with Crippen LogP contribution in [0.15, 0.2) is 0 Å². The Morgan fingerprint density at radius 3 is 2.38 bits per heavy atom. The molecule has 5 nitrogen and oxygen atoms in total. The Labute approximate surface area is 97.1 Å². The Bertz CT molecular complexity index is 376. The number of amides is 1. The predicted molar refractivity (Wildman–Crippen MR) is 63.0 cm³/mol. The number of hydrogen-bond acceptors (Lipinski definition) is 4. The van der Waals surface area contributed by atoms with Gasteiger partial charge in [0.25, 0.3) is 0 Å². The molecular weight excluding hydrogens is 228 g/mol. The van der Waals surface area contributed by atoms with Crippen molar-refractivity contribution < 1.29 is 13.2 Å². The topological polar surface area (TPSA) is 66.5 Å². The van der Waals surface area contributed by atoms with Gasteiger partial charge in [0.05, 0.1) is 17.0 Å². The summed E-state index contributed by atoms with van der Waals surface area (Å²) >= 11 is 0. The zero-order valence-electron chi connectivity index (χ0n) is 10.3.